The molecule has 1 nitrogen and oxygen atoms in total. The van der Waals surface area contributed by atoms with E-state index in [1.54, 1.807) is 6.07 Å². The van der Waals surface area contributed by atoms with Crippen molar-refractivity contribution in [3.05, 3.63) is 54.6 Å². The smallest absolute Gasteiger partial charge is 0.203 e. The van der Waals surface area contributed by atoms with Crippen LogP contribution >= 0.6 is 38.9 Å². The van der Waals surface area contributed by atoms with Crippen LogP contribution in [0.5, 0.6) is 0 Å². The Balaban J connectivity index is 2.47. The monoisotopic (exact) mass is 328 g/mol. The molecule has 0 saturated carbocycles. The van der Waals surface area contributed by atoms with Gasteiger partial charge in [0.15, 0.2) is 0 Å². The molecule has 0 radical (unpaired) electrons. The third kappa shape index (κ3) is 2.62. The zero-order valence-electron chi connectivity index (χ0n) is 9.38. The van der Waals surface area contributed by atoms with Crippen molar-refractivity contribution in [3.8, 4) is 0 Å². The summed E-state index contributed by atoms with van der Waals surface area (Å²) in [6, 6.07) is 7.66. The summed E-state index contributed by atoms with van der Waals surface area (Å²) in [4.78, 5) is 13.0. The second kappa shape index (κ2) is 4.92. The van der Waals surface area contributed by atoms with Gasteiger partial charge in [0.05, 0.1) is 4.88 Å². The number of rotatable bonds is 2. The maximum atomic E-state index is 12.3. The molecular weight excluding hydrogens is 320 g/mol. The molecule has 0 N–H and O–H groups in total. The molecule has 0 spiro atoms. The Kier molecular flexibility index (Phi) is 3.71. The highest BCUT2D eigenvalue weighted by molar-refractivity contribution is 9.10. The number of hydrogen-bond acceptors (Lipinski definition) is 2. The van der Waals surface area contributed by atoms with Crippen molar-refractivity contribution >= 4 is 44.7 Å². The molecule has 17 heavy (non-hydrogen) atoms. The Labute approximate surface area is 118 Å². The van der Waals surface area contributed by atoms with Gasteiger partial charge in [-0.2, -0.15) is 0 Å². The van der Waals surface area contributed by atoms with Crippen molar-refractivity contribution in [3.63, 3.8) is 0 Å². The molecule has 1 heterocycles. The standard InChI is InChI=1S/C13H10BrClOS/c1-7-3-4-8(2)9(5-7)12(16)11-6-10(14)13(15)17-11/h3-6H,1-2H3. The molecule has 1 aromatic heterocycles. The first-order valence-corrected chi connectivity index (χ1v) is 7.04. The van der Waals surface area contributed by atoms with E-state index in [9.17, 15) is 4.79 Å². The quantitative estimate of drug-likeness (QED) is 0.708. The molecule has 0 aliphatic rings. The molecule has 1 aromatic carbocycles. The summed E-state index contributed by atoms with van der Waals surface area (Å²) in [7, 11) is 0. The van der Waals surface area contributed by atoms with Gasteiger partial charge in [-0.1, -0.05) is 29.3 Å². The lowest BCUT2D eigenvalue weighted by atomic mass is 10.0. The molecule has 2 rings (SSSR count). The fourth-order valence-corrected chi connectivity index (χ4v) is 3.23. The van der Waals surface area contributed by atoms with E-state index in [1.807, 2.05) is 32.0 Å². The number of carbonyl (C=O) groups excluding carboxylic acids is 1. The average Bonchev–Trinajstić information content (AvgIpc) is 2.62. The van der Waals surface area contributed by atoms with Gasteiger partial charge in [-0.15, -0.1) is 11.3 Å². The normalized spacial score (nSPS) is 10.6. The Morgan fingerprint density at radius 1 is 1.29 bits per heavy atom. The summed E-state index contributed by atoms with van der Waals surface area (Å²) >= 11 is 10.6. The van der Waals surface area contributed by atoms with Crippen LogP contribution in [-0.4, -0.2) is 5.78 Å². The van der Waals surface area contributed by atoms with Gasteiger partial charge in [0.25, 0.3) is 0 Å². The molecule has 0 aliphatic heterocycles. The highest BCUT2D eigenvalue weighted by Crippen LogP contribution is 2.33. The van der Waals surface area contributed by atoms with E-state index in [0.29, 0.717) is 9.21 Å². The minimum atomic E-state index is 0.0313. The molecule has 0 unspecified atom stereocenters. The summed E-state index contributed by atoms with van der Waals surface area (Å²) < 4.78 is 1.39. The molecule has 2 aromatic rings. The molecule has 0 fully saturated rings. The largest absolute Gasteiger partial charge is 0.288 e. The highest BCUT2D eigenvalue weighted by Gasteiger charge is 2.16. The van der Waals surface area contributed by atoms with E-state index >= 15 is 0 Å². The maximum Gasteiger partial charge on any atom is 0.203 e. The topological polar surface area (TPSA) is 17.1 Å². The molecule has 0 atom stereocenters. The predicted molar refractivity (Wildman–Crippen MR) is 76.4 cm³/mol. The van der Waals surface area contributed by atoms with Crippen LogP contribution in [0.25, 0.3) is 0 Å². The lowest BCUT2D eigenvalue weighted by Crippen LogP contribution is -2.01. The SMILES string of the molecule is Cc1ccc(C)c(C(=O)c2cc(Br)c(Cl)s2)c1. The second-order valence-electron chi connectivity index (χ2n) is 3.88. The van der Waals surface area contributed by atoms with Gasteiger partial charge in [-0.05, 0) is 47.5 Å². The molecule has 88 valence electrons. The number of thiophene rings is 1. The lowest BCUT2D eigenvalue weighted by molar-refractivity contribution is 0.104. The molecule has 0 aliphatic carbocycles. The van der Waals surface area contributed by atoms with Crippen molar-refractivity contribution < 1.29 is 4.79 Å². The molecule has 0 saturated heterocycles. The van der Waals surface area contributed by atoms with Crippen molar-refractivity contribution in [2.24, 2.45) is 0 Å². The van der Waals surface area contributed by atoms with Gasteiger partial charge < -0.3 is 0 Å². The second-order valence-corrected chi connectivity index (χ2v) is 6.39. The minimum absolute atomic E-state index is 0.0313. The maximum absolute atomic E-state index is 12.3. The van der Waals surface area contributed by atoms with Crippen LogP contribution in [0.4, 0.5) is 0 Å². The zero-order chi connectivity index (χ0) is 12.6. The summed E-state index contributed by atoms with van der Waals surface area (Å²) in [5.74, 6) is 0.0313. The van der Waals surface area contributed by atoms with E-state index in [1.165, 1.54) is 11.3 Å². The van der Waals surface area contributed by atoms with Gasteiger partial charge in [-0.25, -0.2) is 0 Å². The van der Waals surface area contributed by atoms with Crippen molar-refractivity contribution in [1.29, 1.82) is 0 Å². The Bertz CT molecular complexity index is 570. The zero-order valence-corrected chi connectivity index (χ0v) is 12.5. The number of carbonyl (C=O) groups is 1. The van der Waals surface area contributed by atoms with Crippen LogP contribution in [0.15, 0.2) is 28.7 Å². The minimum Gasteiger partial charge on any atom is -0.288 e. The fourth-order valence-electron chi connectivity index (χ4n) is 1.57. The van der Waals surface area contributed by atoms with Crippen molar-refractivity contribution in [2.75, 3.05) is 0 Å². The summed E-state index contributed by atoms with van der Waals surface area (Å²) in [5.41, 5.74) is 2.82. The van der Waals surface area contributed by atoms with E-state index in [4.69, 9.17) is 11.6 Å². The first-order valence-electron chi connectivity index (χ1n) is 5.06. The number of benzene rings is 1. The van der Waals surface area contributed by atoms with Crippen LogP contribution in [0.2, 0.25) is 4.34 Å². The average molecular weight is 330 g/mol. The molecule has 0 bridgehead atoms. The Hall–Kier alpha value is -0.640. The lowest BCUT2D eigenvalue weighted by Gasteiger charge is -2.04. The Morgan fingerprint density at radius 2 is 2.00 bits per heavy atom. The van der Waals surface area contributed by atoms with Gasteiger partial charge >= 0.3 is 0 Å². The van der Waals surface area contributed by atoms with Crippen molar-refractivity contribution in [1.82, 2.24) is 0 Å². The fraction of sp³-hybridized carbons (Fsp3) is 0.154. The Morgan fingerprint density at radius 3 is 2.59 bits per heavy atom. The first-order chi connectivity index (χ1) is 7.99. The van der Waals surface area contributed by atoms with Gasteiger partial charge in [-0.3, -0.25) is 4.79 Å². The first kappa shape index (κ1) is 12.8. The summed E-state index contributed by atoms with van der Waals surface area (Å²) in [6.07, 6.45) is 0. The number of halogens is 2. The van der Waals surface area contributed by atoms with E-state index in [0.717, 1.165) is 21.2 Å². The van der Waals surface area contributed by atoms with Crippen LogP contribution in [0.1, 0.15) is 26.4 Å². The van der Waals surface area contributed by atoms with Gasteiger partial charge in [0, 0.05) is 10.0 Å². The number of ketones is 1. The molecule has 4 heteroatoms. The third-order valence-corrected chi connectivity index (χ3v) is 4.98. The van der Waals surface area contributed by atoms with E-state index < -0.39 is 0 Å². The van der Waals surface area contributed by atoms with Crippen LogP contribution < -0.4 is 0 Å². The van der Waals surface area contributed by atoms with Gasteiger partial charge in [0.2, 0.25) is 5.78 Å². The summed E-state index contributed by atoms with van der Waals surface area (Å²) in [5, 5.41) is 0. The van der Waals surface area contributed by atoms with Crippen LogP contribution in [0, 0.1) is 13.8 Å². The predicted octanol–water partition coefficient (Wildman–Crippen LogP) is 5.01. The van der Waals surface area contributed by atoms with Gasteiger partial charge in [0.1, 0.15) is 4.34 Å². The number of hydrogen-bond donors (Lipinski definition) is 0. The third-order valence-electron chi connectivity index (χ3n) is 2.51. The van der Waals surface area contributed by atoms with E-state index in [2.05, 4.69) is 15.9 Å². The molecule has 0 amide bonds. The van der Waals surface area contributed by atoms with Crippen molar-refractivity contribution in [2.45, 2.75) is 13.8 Å². The number of aryl methyl sites for hydroxylation is 2. The van der Waals surface area contributed by atoms with Crippen LogP contribution in [0.3, 0.4) is 0 Å². The highest BCUT2D eigenvalue weighted by atomic mass is 79.9. The molecular formula is C13H10BrClOS. The van der Waals surface area contributed by atoms with E-state index in [-0.39, 0.29) is 5.78 Å². The van der Waals surface area contributed by atoms with Crippen LogP contribution in [-0.2, 0) is 0 Å². The summed E-state index contributed by atoms with van der Waals surface area (Å²) in [6.45, 7) is 3.92.